The van der Waals surface area contributed by atoms with Gasteiger partial charge < -0.3 is 10.1 Å². The number of anilines is 1. The molecule has 0 saturated heterocycles. The Balaban J connectivity index is 2.01. The zero-order chi connectivity index (χ0) is 16.4. The first-order chi connectivity index (χ1) is 11.1. The maximum absolute atomic E-state index is 14.1. The van der Waals surface area contributed by atoms with Crippen molar-refractivity contribution in [2.75, 3.05) is 12.4 Å². The number of carbonyl (C=O) groups excluding carboxylic acids is 1. The summed E-state index contributed by atoms with van der Waals surface area (Å²) in [6, 6.07) is 12.1. The van der Waals surface area contributed by atoms with Crippen LogP contribution >= 0.6 is 27.3 Å². The molecule has 0 atom stereocenters. The van der Waals surface area contributed by atoms with Gasteiger partial charge in [-0.25, -0.2) is 4.39 Å². The van der Waals surface area contributed by atoms with E-state index in [2.05, 4.69) is 21.2 Å². The smallest absolute Gasteiger partial charge is 0.266 e. The van der Waals surface area contributed by atoms with Crippen molar-refractivity contribution in [2.45, 2.75) is 6.61 Å². The van der Waals surface area contributed by atoms with E-state index in [0.29, 0.717) is 21.5 Å². The van der Waals surface area contributed by atoms with Crippen LogP contribution in [0.25, 0.3) is 10.1 Å². The van der Waals surface area contributed by atoms with Crippen molar-refractivity contribution in [2.24, 2.45) is 0 Å². The molecule has 3 rings (SSSR count). The second-order valence-electron chi connectivity index (χ2n) is 4.92. The first-order valence-corrected chi connectivity index (χ1v) is 8.47. The van der Waals surface area contributed by atoms with Crippen molar-refractivity contribution >= 4 is 48.9 Å². The predicted molar refractivity (Wildman–Crippen MR) is 94.6 cm³/mol. The number of hydrogen-bond donors (Lipinski definition) is 1. The van der Waals surface area contributed by atoms with Gasteiger partial charge in [-0.3, -0.25) is 4.79 Å². The molecule has 1 amide bonds. The lowest BCUT2D eigenvalue weighted by atomic mass is 10.1. The third-order valence-electron chi connectivity index (χ3n) is 3.36. The molecule has 0 unspecified atom stereocenters. The minimum absolute atomic E-state index is 0.185. The second-order valence-corrected chi connectivity index (χ2v) is 6.88. The maximum Gasteiger partial charge on any atom is 0.266 e. The molecule has 3 aromatic rings. The van der Waals surface area contributed by atoms with Gasteiger partial charge >= 0.3 is 0 Å². The third kappa shape index (κ3) is 3.29. The molecular formula is C17H13BrFNO2S. The lowest BCUT2D eigenvalue weighted by Gasteiger charge is -2.06. The van der Waals surface area contributed by atoms with E-state index in [1.54, 1.807) is 24.3 Å². The van der Waals surface area contributed by atoms with Crippen molar-refractivity contribution in [3.05, 3.63) is 63.2 Å². The van der Waals surface area contributed by atoms with E-state index in [4.69, 9.17) is 4.74 Å². The van der Waals surface area contributed by atoms with Crippen molar-refractivity contribution in [1.82, 2.24) is 0 Å². The summed E-state index contributed by atoms with van der Waals surface area (Å²) in [5, 5.41) is 3.30. The Labute approximate surface area is 145 Å². The van der Waals surface area contributed by atoms with Crippen LogP contribution in [0.3, 0.4) is 0 Å². The summed E-state index contributed by atoms with van der Waals surface area (Å²) in [6.07, 6.45) is 0. The van der Waals surface area contributed by atoms with Gasteiger partial charge in [0.05, 0.1) is 11.5 Å². The minimum Gasteiger partial charge on any atom is -0.380 e. The second kappa shape index (κ2) is 6.78. The average molecular weight is 394 g/mol. The summed E-state index contributed by atoms with van der Waals surface area (Å²) in [4.78, 5) is 13.1. The molecule has 0 spiro atoms. The normalized spacial score (nSPS) is 10.9. The number of thiophene rings is 1. The monoisotopic (exact) mass is 393 g/mol. The highest BCUT2D eigenvalue weighted by Gasteiger charge is 2.20. The zero-order valence-corrected chi connectivity index (χ0v) is 14.6. The molecule has 23 heavy (non-hydrogen) atoms. The molecule has 0 radical (unpaired) electrons. The van der Waals surface area contributed by atoms with Crippen LogP contribution in [0, 0.1) is 5.82 Å². The van der Waals surface area contributed by atoms with E-state index in [1.807, 2.05) is 12.1 Å². The lowest BCUT2D eigenvalue weighted by Crippen LogP contribution is -2.12. The zero-order valence-electron chi connectivity index (χ0n) is 12.2. The summed E-state index contributed by atoms with van der Waals surface area (Å²) in [5.41, 5.74) is 1.26. The van der Waals surface area contributed by atoms with Crippen LogP contribution in [0.15, 0.2) is 46.9 Å². The van der Waals surface area contributed by atoms with E-state index in [1.165, 1.54) is 24.5 Å². The molecule has 6 heteroatoms. The Morgan fingerprint density at radius 3 is 2.70 bits per heavy atom. The number of hydrogen-bond acceptors (Lipinski definition) is 3. The maximum atomic E-state index is 14.1. The molecule has 1 N–H and O–H groups in total. The van der Waals surface area contributed by atoms with Crippen LogP contribution in [0.1, 0.15) is 15.2 Å². The number of halogens is 2. The fourth-order valence-electron chi connectivity index (χ4n) is 2.35. The number of benzene rings is 2. The Hall–Kier alpha value is -1.76. The van der Waals surface area contributed by atoms with Gasteiger partial charge in [0.15, 0.2) is 0 Å². The Kier molecular flexibility index (Phi) is 4.75. The first-order valence-electron chi connectivity index (χ1n) is 6.86. The quantitative estimate of drug-likeness (QED) is 0.661. The molecule has 118 valence electrons. The molecule has 0 bridgehead atoms. The summed E-state index contributed by atoms with van der Waals surface area (Å²) >= 11 is 4.62. The van der Waals surface area contributed by atoms with Crippen LogP contribution in [-0.2, 0) is 11.3 Å². The van der Waals surface area contributed by atoms with Gasteiger partial charge in [-0.15, -0.1) is 11.3 Å². The van der Waals surface area contributed by atoms with Gasteiger partial charge in [0, 0.05) is 32.9 Å². The van der Waals surface area contributed by atoms with E-state index < -0.39 is 0 Å². The average Bonchev–Trinajstić information content (AvgIpc) is 2.90. The summed E-state index contributed by atoms with van der Waals surface area (Å²) in [7, 11) is 1.53. The lowest BCUT2D eigenvalue weighted by molar-refractivity contribution is 0.102. The Morgan fingerprint density at radius 2 is 2.00 bits per heavy atom. The van der Waals surface area contributed by atoms with E-state index >= 15 is 0 Å². The van der Waals surface area contributed by atoms with E-state index in [0.717, 1.165) is 9.17 Å². The molecule has 3 nitrogen and oxygen atoms in total. The number of amides is 1. The van der Waals surface area contributed by atoms with Gasteiger partial charge in [-0.05, 0) is 36.4 Å². The highest BCUT2D eigenvalue weighted by molar-refractivity contribution is 9.10. The van der Waals surface area contributed by atoms with E-state index in [-0.39, 0.29) is 18.3 Å². The molecule has 0 aliphatic rings. The molecule has 0 aliphatic heterocycles. The summed E-state index contributed by atoms with van der Waals surface area (Å²) in [6.45, 7) is 0.185. The van der Waals surface area contributed by atoms with Crippen molar-refractivity contribution in [1.29, 1.82) is 0 Å². The summed E-state index contributed by atoms with van der Waals surface area (Å²) < 4.78 is 21.0. The molecule has 0 aliphatic carbocycles. The van der Waals surface area contributed by atoms with E-state index in [9.17, 15) is 9.18 Å². The van der Waals surface area contributed by atoms with Gasteiger partial charge in [0.2, 0.25) is 0 Å². The Bertz CT molecular complexity index is 861. The summed E-state index contributed by atoms with van der Waals surface area (Å²) in [5.74, 6) is -0.603. The SMILES string of the molecule is COCc1c(C(=O)Nc2ccc(Br)cc2)sc2cccc(F)c12. The largest absolute Gasteiger partial charge is 0.380 e. The van der Waals surface area contributed by atoms with Crippen LogP contribution < -0.4 is 5.32 Å². The van der Waals surface area contributed by atoms with Crippen LogP contribution in [0.4, 0.5) is 10.1 Å². The van der Waals surface area contributed by atoms with Gasteiger partial charge in [0.25, 0.3) is 5.91 Å². The standard InChI is InChI=1S/C17H13BrFNO2S/c1-22-9-12-15-13(19)3-2-4-14(15)23-16(12)17(21)20-11-7-5-10(18)6-8-11/h2-8H,9H2,1H3,(H,20,21). The topological polar surface area (TPSA) is 38.3 Å². The van der Waals surface area contributed by atoms with Gasteiger partial charge in [-0.2, -0.15) is 0 Å². The van der Waals surface area contributed by atoms with Crippen molar-refractivity contribution in [3.8, 4) is 0 Å². The van der Waals surface area contributed by atoms with Crippen LogP contribution in [0.5, 0.6) is 0 Å². The molecule has 2 aromatic carbocycles. The molecular weight excluding hydrogens is 381 g/mol. The highest BCUT2D eigenvalue weighted by Crippen LogP contribution is 2.34. The van der Waals surface area contributed by atoms with Gasteiger partial charge in [0.1, 0.15) is 5.82 Å². The number of nitrogens with one attached hydrogen (secondary N) is 1. The van der Waals surface area contributed by atoms with Gasteiger partial charge in [-0.1, -0.05) is 22.0 Å². The van der Waals surface area contributed by atoms with Crippen LogP contribution in [-0.4, -0.2) is 13.0 Å². The molecule has 1 heterocycles. The number of rotatable bonds is 4. The number of carbonyl (C=O) groups is 1. The highest BCUT2D eigenvalue weighted by atomic mass is 79.9. The Morgan fingerprint density at radius 1 is 1.26 bits per heavy atom. The predicted octanol–water partition coefficient (Wildman–Crippen LogP) is 5.20. The number of fused-ring (bicyclic) bond motifs is 1. The van der Waals surface area contributed by atoms with Crippen LogP contribution in [0.2, 0.25) is 0 Å². The van der Waals surface area contributed by atoms with Crippen molar-refractivity contribution in [3.63, 3.8) is 0 Å². The third-order valence-corrected chi connectivity index (χ3v) is 5.08. The minimum atomic E-state index is -0.339. The fraction of sp³-hybridized carbons (Fsp3) is 0.118. The number of ether oxygens (including phenoxy) is 1. The number of methoxy groups -OCH3 is 1. The van der Waals surface area contributed by atoms with Crippen molar-refractivity contribution < 1.29 is 13.9 Å². The molecule has 0 fully saturated rings. The first kappa shape index (κ1) is 16.1. The fourth-order valence-corrected chi connectivity index (χ4v) is 3.74. The molecule has 0 saturated carbocycles. The molecule has 1 aromatic heterocycles.